The monoisotopic (exact) mass is 385 g/mol. The highest BCUT2D eigenvalue weighted by atomic mass is 79.9. The minimum atomic E-state index is -0.191. The summed E-state index contributed by atoms with van der Waals surface area (Å²) in [4.78, 5) is 13.9. The molecule has 0 unspecified atom stereocenters. The molecule has 0 saturated heterocycles. The molecule has 1 aromatic carbocycles. The van der Waals surface area contributed by atoms with Gasteiger partial charge in [0.25, 0.3) is 0 Å². The standard InChI is InChI=1S/C18H28BrNO3/c1-13(2)15-12-16(23-18(21)7-6-8-19)14(3)11-17(15)22-10-9-20(4)5/h11-13H,6-10H2,1-5H3. The molecule has 4 nitrogen and oxygen atoms in total. The predicted octanol–water partition coefficient (Wildman–Crippen LogP) is 4.14. The molecule has 5 heteroatoms. The average Bonchev–Trinajstić information content (AvgIpc) is 2.47. The van der Waals surface area contributed by atoms with E-state index in [0.717, 1.165) is 35.2 Å². The Morgan fingerprint density at radius 3 is 2.52 bits per heavy atom. The molecule has 0 aromatic heterocycles. The Kier molecular flexibility index (Phi) is 8.63. The molecule has 0 bridgehead atoms. The number of esters is 1. The molecule has 0 radical (unpaired) electrons. The molecule has 0 N–H and O–H groups in total. The summed E-state index contributed by atoms with van der Waals surface area (Å²) in [6, 6.07) is 3.91. The highest BCUT2D eigenvalue weighted by molar-refractivity contribution is 9.09. The van der Waals surface area contributed by atoms with E-state index in [0.29, 0.717) is 24.7 Å². The number of aryl methyl sites for hydroxylation is 1. The molecule has 0 aliphatic heterocycles. The van der Waals surface area contributed by atoms with Gasteiger partial charge in [0.05, 0.1) is 0 Å². The molecule has 1 aromatic rings. The lowest BCUT2D eigenvalue weighted by atomic mass is 10.00. The fraction of sp³-hybridized carbons (Fsp3) is 0.611. The Labute approximate surface area is 148 Å². The number of likely N-dealkylation sites (N-methyl/N-ethyl adjacent to an activating group) is 1. The van der Waals surface area contributed by atoms with Crippen LogP contribution in [0.1, 0.15) is 43.7 Å². The smallest absolute Gasteiger partial charge is 0.311 e. The van der Waals surface area contributed by atoms with E-state index < -0.39 is 0 Å². The van der Waals surface area contributed by atoms with Gasteiger partial charge in [0.15, 0.2) is 0 Å². The fourth-order valence-corrected chi connectivity index (χ4v) is 2.37. The van der Waals surface area contributed by atoms with Crippen molar-refractivity contribution in [3.63, 3.8) is 0 Å². The summed E-state index contributed by atoms with van der Waals surface area (Å²) in [5.41, 5.74) is 1.99. The van der Waals surface area contributed by atoms with Gasteiger partial charge >= 0.3 is 5.97 Å². The van der Waals surface area contributed by atoms with Gasteiger partial charge in [-0.05, 0) is 51.1 Å². The maximum Gasteiger partial charge on any atom is 0.311 e. The summed E-state index contributed by atoms with van der Waals surface area (Å²) in [7, 11) is 4.04. The largest absolute Gasteiger partial charge is 0.492 e. The molecule has 0 fully saturated rings. The van der Waals surface area contributed by atoms with Gasteiger partial charge in [-0.3, -0.25) is 4.79 Å². The normalized spacial score (nSPS) is 11.1. The zero-order valence-electron chi connectivity index (χ0n) is 14.8. The highest BCUT2D eigenvalue weighted by Gasteiger charge is 2.15. The van der Waals surface area contributed by atoms with Crippen molar-refractivity contribution in [1.82, 2.24) is 4.90 Å². The van der Waals surface area contributed by atoms with Crippen molar-refractivity contribution < 1.29 is 14.3 Å². The van der Waals surface area contributed by atoms with E-state index in [1.807, 2.05) is 33.2 Å². The molecule has 23 heavy (non-hydrogen) atoms. The zero-order valence-corrected chi connectivity index (χ0v) is 16.4. The lowest BCUT2D eigenvalue weighted by Crippen LogP contribution is -2.20. The van der Waals surface area contributed by atoms with E-state index in [4.69, 9.17) is 9.47 Å². The molecule has 1 rings (SSSR count). The first-order chi connectivity index (χ1) is 10.8. The Hall–Kier alpha value is -1.07. The number of rotatable bonds is 9. The third-order valence-corrected chi connectivity index (χ3v) is 4.02. The summed E-state index contributed by atoms with van der Waals surface area (Å²) in [5.74, 6) is 1.61. The van der Waals surface area contributed by atoms with Crippen LogP contribution in [-0.2, 0) is 4.79 Å². The van der Waals surface area contributed by atoms with E-state index in [-0.39, 0.29) is 5.97 Å². The van der Waals surface area contributed by atoms with Crippen molar-refractivity contribution in [3.05, 3.63) is 23.3 Å². The molecule has 0 saturated carbocycles. The topological polar surface area (TPSA) is 38.8 Å². The van der Waals surface area contributed by atoms with Gasteiger partial charge in [-0.25, -0.2) is 0 Å². The molecular weight excluding hydrogens is 358 g/mol. The average molecular weight is 386 g/mol. The van der Waals surface area contributed by atoms with Crippen molar-refractivity contribution in [2.75, 3.05) is 32.6 Å². The van der Waals surface area contributed by atoms with E-state index in [1.165, 1.54) is 0 Å². The van der Waals surface area contributed by atoms with E-state index in [1.54, 1.807) is 0 Å². The number of hydrogen-bond donors (Lipinski definition) is 0. The highest BCUT2D eigenvalue weighted by Crippen LogP contribution is 2.33. The number of benzene rings is 1. The second-order valence-corrected chi connectivity index (χ2v) is 7.02. The predicted molar refractivity (Wildman–Crippen MR) is 98.0 cm³/mol. The summed E-state index contributed by atoms with van der Waals surface area (Å²) in [6.45, 7) is 7.66. The molecule has 0 amide bonds. The van der Waals surface area contributed by atoms with E-state index in [9.17, 15) is 4.79 Å². The molecule has 0 heterocycles. The number of carbonyl (C=O) groups excluding carboxylic acids is 1. The third kappa shape index (κ3) is 6.92. The molecule has 0 aliphatic rings. The Balaban J connectivity index is 2.89. The van der Waals surface area contributed by atoms with Crippen LogP contribution in [0.3, 0.4) is 0 Å². The van der Waals surface area contributed by atoms with E-state index in [2.05, 4.69) is 34.7 Å². The number of halogens is 1. The molecular formula is C18H28BrNO3. The van der Waals surface area contributed by atoms with Gasteiger partial charge in [-0.2, -0.15) is 0 Å². The van der Waals surface area contributed by atoms with Crippen molar-refractivity contribution in [2.24, 2.45) is 0 Å². The maximum atomic E-state index is 11.9. The van der Waals surface area contributed by atoms with Crippen molar-refractivity contribution in [2.45, 2.75) is 39.5 Å². The summed E-state index contributed by atoms with van der Waals surface area (Å²) >= 11 is 3.32. The van der Waals surface area contributed by atoms with Crippen LogP contribution in [0.15, 0.2) is 12.1 Å². The number of nitrogens with zero attached hydrogens (tertiary/aromatic N) is 1. The van der Waals surface area contributed by atoms with Crippen LogP contribution in [0.25, 0.3) is 0 Å². The van der Waals surface area contributed by atoms with Gasteiger partial charge in [-0.1, -0.05) is 29.8 Å². The molecule has 0 atom stereocenters. The number of hydrogen-bond acceptors (Lipinski definition) is 4. The lowest BCUT2D eigenvalue weighted by Gasteiger charge is -2.18. The minimum absolute atomic E-state index is 0.191. The first-order valence-electron chi connectivity index (χ1n) is 8.03. The van der Waals surface area contributed by atoms with Gasteiger partial charge in [0.1, 0.15) is 18.1 Å². The Bertz CT molecular complexity index is 515. The first-order valence-corrected chi connectivity index (χ1v) is 9.16. The van der Waals surface area contributed by atoms with Crippen molar-refractivity contribution in [3.8, 4) is 11.5 Å². The first kappa shape index (κ1) is 20.0. The SMILES string of the molecule is Cc1cc(OCCN(C)C)c(C(C)C)cc1OC(=O)CCCBr. The molecule has 130 valence electrons. The molecule has 0 spiro atoms. The van der Waals surface area contributed by atoms with Gasteiger partial charge in [0.2, 0.25) is 0 Å². The molecule has 0 aliphatic carbocycles. The van der Waals surface area contributed by atoms with Gasteiger partial charge in [0, 0.05) is 23.9 Å². The van der Waals surface area contributed by atoms with Crippen LogP contribution in [-0.4, -0.2) is 43.4 Å². The van der Waals surface area contributed by atoms with Crippen LogP contribution in [0, 0.1) is 6.92 Å². The minimum Gasteiger partial charge on any atom is -0.492 e. The quantitative estimate of drug-likeness (QED) is 0.363. The second-order valence-electron chi connectivity index (χ2n) is 6.23. The van der Waals surface area contributed by atoms with Gasteiger partial charge < -0.3 is 14.4 Å². The number of ether oxygens (including phenoxy) is 2. The second kappa shape index (κ2) is 9.93. The maximum absolute atomic E-state index is 11.9. The summed E-state index contributed by atoms with van der Waals surface area (Å²) in [5, 5.41) is 0.803. The fourth-order valence-electron chi connectivity index (χ4n) is 2.09. The van der Waals surface area contributed by atoms with Crippen LogP contribution in [0.4, 0.5) is 0 Å². The summed E-state index contributed by atoms with van der Waals surface area (Å²) in [6.07, 6.45) is 1.20. The Morgan fingerprint density at radius 1 is 1.26 bits per heavy atom. The number of alkyl halides is 1. The Morgan fingerprint density at radius 2 is 1.96 bits per heavy atom. The number of carbonyl (C=O) groups is 1. The third-order valence-electron chi connectivity index (χ3n) is 3.46. The van der Waals surface area contributed by atoms with Crippen LogP contribution < -0.4 is 9.47 Å². The van der Waals surface area contributed by atoms with Crippen molar-refractivity contribution in [1.29, 1.82) is 0 Å². The zero-order chi connectivity index (χ0) is 17.4. The van der Waals surface area contributed by atoms with Gasteiger partial charge in [-0.15, -0.1) is 0 Å². The van der Waals surface area contributed by atoms with Crippen LogP contribution in [0.5, 0.6) is 11.5 Å². The van der Waals surface area contributed by atoms with Crippen LogP contribution >= 0.6 is 15.9 Å². The van der Waals surface area contributed by atoms with Crippen LogP contribution in [0.2, 0.25) is 0 Å². The van der Waals surface area contributed by atoms with E-state index >= 15 is 0 Å². The van der Waals surface area contributed by atoms with Crippen molar-refractivity contribution >= 4 is 21.9 Å². The summed E-state index contributed by atoms with van der Waals surface area (Å²) < 4.78 is 11.4. The lowest BCUT2D eigenvalue weighted by molar-refractivity contribution is -0.134.